The molecule has 0 rings (SSSR count). The van der Waals surface area contributed by atoms with E-state index in [-0.39, 0.29) is 12.1 Å². The minimum Gasteiger partial charge on any atom is -0.396 e. The minimum absolute atomic E-state index is 0.256. The van der Waals surface area contributed by atoms with Gasteiger partial charge in [0.1, 0.15) is 0 Å². The van der Waals surface area contributed by atoms with Gasteiger partial charge in [0.15, 0.2) is 0 Å². The van der Waals surface area contributed by atoms with E-state index in [1.165, 1.54) is 0 Å². The van der Waals surface area contributed by atoms with Crippen molar-refractivity contribution in [2.45, 2.75) is 38.6 Å². The van der Waals surface area contributed by atoms with Crippen molar-refractivity contribution < 1.29 is 5.11 Å². The van der Waals surface area contributed by atoms with Crippen LogP contribution in [0.5, 0.6) is 0 Å². The lowest BCUT2D eigenvalue weighted by Crippen LogP contribution is -2.25. The SMILES string of the molecule is CC(C)(CCNCCCCO)N=[N+]=[N-]. The Bertz CT molecular complexity index is 187. The molecule has 82 valence electrons. The van der Waals surface area contributed by atoms with Crippen LogP contribution in [0.15, 0.2) is 5.11 Å². The molecule has 0 fully saturated rings. The van der Waals surface area contributed by atoms with E-state index in [1.807, 2.05) is 13.8 Å². The molecular formula is C9H20N4O. The zero-order valence-corrected chi connectivity index (χ0v) is 9.03. The molecule has 0 bridgehead atoms. The van der Waals surface area contributed by atoms with Crippen molar-refractivity contribution >= 4 is 0 Å². The second kappa shape index (κ2) is 7.62. The van der Waals surface area contributed by atoms with Gasteiger partial charge >= 0.3 is 0 Å². The Morgan fingerprint density at radius 3 is 2.64 bits per heavy atom. The van der Waals surface area contributed by atoms with Crippen molar-refractivity contribution in [1.29, 1.82) is 0 Å². The van der Waals surface area contributed by atoms with Crippen molar-refractivity contribution in [3.63, 3.8) is 0 Å². The van der Waals surface area contributed by atoms with Crippen LogP contribution in [-0.2, 0) is 0 Å². The first-order chi connectivity index (χ1) is 6.62. The number of nitrogens with zero attached hydrogens (tertiary/aromatic N) is 3. The summed E-state index contributed by atoms with van der Waals surface area (Å²) >= 11 is 0. The van der Waals surface area contributed by atoms with E-state index >= 15 is 0 Å². The van der Waals surface area contributed by atoms with Gasteiger partial charge in [-0.2, -0.15) is 0 Å². The van der Waals surface area contributed by atoms with Gasteiger partial charge in [0, 0.05) is 17.1 Å². The first-order valence-electron chi connectivity index (χ1n) is 5.00. The largest absolute Gasteiger partial charge is 0.396 e. The second-order valence-electron chi connectivity index (χ2n) is 3.93. The predicted octanol–water partition coefficient (Wildman–Crippen LogP) is 1.83. The van der Waals surface area contributed by atoms with Crippen LogP contribution in [0, 0.1) is 0 Å². The van der Waals surface area contributed by atoms with Crippen molar-refractivity contribution in [1.82, 2.24) is 5.32 Å². The Balaban J connectivity index is 3.39. The number of unbranched alkanes of at least 4 members (excludes halogenated alkanes) is 1. The van der Waals surface area contributed by atoms with Crippen molar-refractivity contribution in [3.8, 4) is 0 Å². The molecule has 0 aromatic carbocycles. The molecule has 0 spiro atoms. The maximum absolute atomic E-state index is 8.54. The van der Waals surface area contributed by atoms with E-state index in [1.54, 1.807) is 0 Å². The van der Waals surface area contributed by atoms with E-state index in [2.05, 4.69) is 15.3 Å². The smallest absolute Gasteiger partial charge is 0.0444 e. The van der Waals surface area contributed by atoms with Gasteiger partial charge < -0.3 is 10.4 Å². The lowest BCUT2D eigenvalue weighted by atomic mass is 10.0. The summed E-state index contributed by atoms with van der Waals surface area (Å²) < 4.78 is 0. The molecule has 0 radical (unpaired) electrons. The molecule has 0 heterocycles. The fraction of sp³-hybridized carbons (Fsp3) is 1.00. The average Bonchev–Trinajstić information content (AvgIpc) is 2.11. The van der Waals surface area contributed by atoms with Crippen LogP contribution in [0.25, 0.3) is 10.4 Å². The number of rotatable bonds is 8. The lowest BCUT2D eigenvalue weighted by molar-refractivity contribution is 0.283. The fourth-order valence-corrected chi connectivity index (χ4v) is 1.05. The number of aliphatic hydroxyl groups excluding tert-OH is 1. The molecule has 0 saturated carbocycles. The Kier molecular flexibility index (Phi) is 7.20. The van der Waals surface area contributed by atoms with Gasteiger partial charge in [-0.25, -0.2) is 0 Å². The first-order valence-corrected chi connectivity index (χ1v) is 5.00. The highest BCUT2D eigenvalue weighted by molar-refractivity contribution is 4.78. The highest BCUT2D eigenvalue weighted by Gasteiger charge is 2.13. The Hall–Kier alpha value is -0.770. The monoisotopic (exact) mass is 200 g/mol. The first kappa shape index (κ1) is 13.2. The zero-order chi connectivity index (χ0) is 10.9. The van der Waals surface area contributed by atoms with Gasteiger partial charge in [0.05, 0.1) is 0 Å². The molecule has 5 nitrogen and oxygen atoms in total. The third kappa shape index (κ3) is 7.86. The summed E-state index contributed by atoms with van der Waals surface area (Å²) in [6.45, 7) is 5.85. The van der Waals surface area contributed by atoms with Crippen LogP contribution in [-0.4, -0.2) is 30.3 Å². The third-order valence-electron chi connectivity index (χ3n) is 1.99. The molecule has 5 heteroatoms. The molecule has 0 atom stereocenters. The summed E-state index contributed by atoms with van der Waals surface area (Å²) in [6.07, 6.45) is 2.65. The molecule has 14 heavy (non-hydrogen) atoms. The summed E-state index contributed by atoms with van der Waals surface area (Å²) in [5, 5.41) is 15.5. The number of aliphatic hydroxyl groups is 1. The summed E-state index contributed by atoms with van der Waals surface area (Å²) in [5.74, 6) is 0. The second-order valence-corrected chi connectivity index (χ2v) is 3.93. The number of nitrogens with one attached hydrogen (secondary N) is 1. The molecule has 2 N–H and O–H groups in total. The van der Waals surface area contributed by atoms with Crippen LogP contribution in [0.1, 0.15) is 33.1 Å². The fourth-order valence-electron chi connectivity index (χ4n) is 1.05. The van der Waals surface area contributed by atoms with E-state index in [9.17, 15) is 0 Å². The minimum atomic E-state index is -0.307. The Labute approximate surface area is 85.1 Å². The summed E-state index contributed by atoms with van der Waals surface area (Å²) in [6, 6.07) is 0. The van der Waals surface area contributed by atoms with Crippen molar-refractivity contribution in [3.05, 3.63) is 10.4 Å². The molecule has 0 aromatic rings. The standard InChI is InChI=1S/C9H20N4O/c1-9(2,12-13-10)5-7-11-6-3-4-8-14/h11,14H,3-8H2,1-2H3. The average molecular weight is 200 g/mol. The number of hydrogen-bond donors (Lipinski definition) is 2. The molecule has 0 aliphatic rings. The van der Waals surface area contributed by atoms with Gasteiger partial charge in [0.25, 0.3) is 0 Å². The van der Waals surface area contributed by atoms with E-state index < -0.39 is 0 Å². The van der Waals surface area contributed by atoms with Gasteiger partial charge in [0.2, 0.25) is 0 Å². The lowest BCUT2D eigenvalue weighted by Gasteiger charge is -2.17. The summed E-state index contributed by atoms with van der Waals surface area (Å²) in [4.78, 5) is 2.80. The zero-order valence-electron chi connectivity index (χ0n) is 9.03. The van der Waals surface area contributed by atoms with Crippen LogP contribution in [0.2, 0.25) is 0 Å². The maximum Gasteiger partial charge on any atom is 0.0444 e. The molecule has 0 unspecified atom stereocenters. The van der Waals surface area contributed by atoms with E-state index in [0.29, 0.717) is 0 Å². The Morgan fingerprint density at radius 2 is 2.07 bits per heavy atom. The topological polar surface area (TPSA) is 81.0 Å². The van der Waals surface area contributed by atoms with Gasteiger partial charge in [-0.1, -0.05) is 19.0 Å². The molecule has 0 aromatic heterocycles. The summed E-state index contributed by atoms with van der Waals surface area (Å²) in [5.41, 5.74) is 7.98. The van der Waals surface area contributed by atoms with Crippen LogP contribution in [0.3, 0.4) is 0 Å². The van der Waals surface area contributed by atoms with Crippen LogP contribution < -0.4 is 5.32 Å². The van der Waals surface area contributed by atoms with Crippen molar-refractivity contribution in [2.24, 2.45) is 5.11 Å². The number of azide groups is 1. The quantitative estimate of drug-likeness (QED) is 0.271. The highest BCUT2D eigenvalue weighted by Crippen LogP contribution is 2.12. The molecular weight excluding hydrogens is 180 g/mol. The predicted molar refractivity (Wildman–Crippen MR) is 57.0 cm³/mol. The molecule has 0 aliphatic heterocycles. The maximum atomic E-state index is 8.54. The molecule has 0 amide bonds. The Morgan fingerprint density at radius 1 is 1.36 bits per heavy atom. The molecule has 0 saturated heterocycles. The normalized spacial score (nSPS) is 11.1. The molecule has 0 aliphatic carbocycles. The van der Waals surface area contributed by atoms with E-state index in [4.69, 9.17) is 10.6 Å². The highest BCUT2D eigenvalue weighted by atomic mass is 16.2. The van der Waals surface area contributed by atoms with Gasteiger partial charge in [-0.05, 0) is 37.9 Å². The summed E-state index contributed by atoms with van der Waals surface area (Å²) in [7, 11) is 0. The third-order valence-corrected chi connectivity index (χ3v) is 1.99. The van der Waals surface area contributed by atoms with Gasteiger partial charge in [-0.3, -0.25) is 0 Å². The van der Waals surface area contributed by atoms with Gasteiger partial charge in [-0.15, -0.1) is 0 Å². The van der Waals surface area contributed by atoms with Crippen LogP contribution >= 0.6 is 0 Å². The van der Waals surface area contributed by atoms with Crippen LogP contribution in [0.4, 0.5) is 0 Å². The van der Waals surface area contributed by atoms with E-state index in [0.717, 1.165) is 32.4 Å². The van der Waals surface area contributed by atoms with Crippen molar-refractivity contribution in [2.75, 3.05) is 19.7 Å². The number of hydrogen-bond acceptors (Lipinski definition) is 3.